The predicted molar refractivity (Wildman–Crippen MR) is 134 cm³/mol. The quantitative estimate of drug-likeness (QED) is 0.427. The molecule has 0 bridgehead atoms. The van der Waals surface area contributed by atoms with Crippen LogP contribution in [0.3, 0.4) is 0 Å². The van der Waals surface area contributed by atoms with Crippen LogP contribution in [0, 0.1) is 32.1 Å². The molecule has 0 saturated heterocycles. The van der Waals surface area contributed by atoms with Gasteiger partial charge in [-0.25, -0.2) is 0 Å². The van der Waals surface area contributed by atoms with Gasteiger partial charge in [0.15, 0.2) is 0 Å². The summed E-state index contributed by atoms with van der Waals surface area (Å²) < 4.78 is 0. The van der Waals surface area contributed by atoms with Crippen LogP contribution in [0.15, 0.2) is 35.9 Å². The van der Waals surface area contributed by atoms with E-state index < -0.39 is 0 Å². The molecule has 168 valence electrons. The fourth-order valence-corrected chi connectivity index (χ4v) is 4.90. The summed E-state index contributed by atoms with van der Waals surface area (Å²) in [4.78, 5) is 15.4. The fourth-order valence-electron chi connectivity index (χ4n) is 4.90. The predicted octanol–water partition coefficient (Wildman–Crippen LogP) is 6.66. The Morgan fingerprint density at radius 2 is 1.94 bits per heavy atom. The molecule has 1 amide bonds. The van der Waals surface area contributed by atoms with Gasteiger partial charge in [-0.05, 0) is 99.9 Å². The number of nitriles is 1. The fraction of sp³-hybridized carbons (Fsp3) is 0.429. The summed E-state index contributed by atoms with van der Waals surface area (Å²) in [5.74, 6) is 0.0359. The van der Waals surface area contributed by atoms with E-state index in [9.17, 15) is 10.1 Å². The van der Waals surface area contributed by atoms with E-state index in [0.29, 0.717) is 5.92 Å². The molecular formula is C28H35N3O. The monoisotopic (exact) mass is 429 g/mol. The molecule has 0 radical (unpaired) electrons. The first kappa shape index (κ1) is 23.6. The van der Waals surface area contributed by atoms with Crippen molar-refractivity contribution in [2.24, 2.45) is 0 Å². The van der Waals surface area contributed by atoms with Crippen LogP contribution in [-0.2, 0) is 4.79 Å². The van der Waals surface area contributed by atoms with Crippen LogP contribution in [0.5, 0.6) is 0 Å². The molecule has 1 aliphatic rings. The molecular weight excluding hydrogens is 394 g/mol. The maximum absolute atomic E-state index is 12.9. The molecule has 0 saturated carbocycles. The number of hydrogen-bond acceptors (Lipinski definition) is 3. The number of fused-ring (bicyclic) bond motifs is 1. The van der Waals surface area contributed by atoms with Gasteiger partial charge in [0.1, 0.15) is 11.6 Å². The zero-order valence-corrected chi connectivity index (χ0v) is 20.5. The summed E-state index contributed by atoms with van der Waals surface area (Å²) in [5, 5.41) is 12.6. The largest absolute Gasteiger partial charge is 0.366 e. The molecule has 32 heavy (non-hydrogen) atoms. The summed E-state index contributed by atoms with van der Waals surface area (Å²) in [6, 6.07) is 12.4. The van der Waals surface area contributed by atoms with Gasteiger partial charge in [-0.2, -0.15) is 5.26 Å². The number of amides is 1. The number of rotatable bonds is 5. The topological polar surface area (TPSA) is 56.1 Å². The Bertz CT molecular complexity index is 1100. The van der Waals surface area contributed by atoms with Gasteiger partial charge in [-0.3, -0.25) is 4.79 Å². The molecule has 4 heteroatoms. The number of benzene rings is 2. The Kier molecular flexibility index (Phi) is 6.79. The van der Waals surface area contributed by atoms with Crippen LogP contribution in [0.1, 0.15) is 74.3 Å². The lowest BCUT2D eigenvalue weighted by Gasteiger charge is -2.48. The van der Waals surface area contributed by atoms with E-state index in [4.69, 9.17) is 0 Å². The van der Waals surface area contributed by atoms with E-state index in [1.807, 2.05) is 32.0 Å². The summed E-state index contributed by atoms with van der Waals surface area (Å²) in [6.07, 6.45) is 3.89. The van der Waals surface area contributed by atoms with Gasteiger partial charge in [-0.1, -0.05) is 31.5 Å². The number of anilines is 2. The summed E-state index contributed by atoms with van der Waals surface area (Å²) >= 11 is 0. The SMILES string of the molecule is CCCN1c2cc(C)c(/C=C(\C#N)C(=O)Nc3ccc(C)cc3C)cc2C(C)CC1(C)C. The van der Waals surface area contributed by atoms with Gasteiger partial charge in [0, 0.05) is 23.5 Å². The maximum atomic E-state index is 12.9. The first-order valence-electron chi connectivity index (χ1n) is 11.5. The van der Waals surface area contributed by atoms with E-state index in [0.717, 1.165) is 47.3 Å². The average molecular weight is 430 g/mol. The highest BCUT2D eigenvalue weighted by Crippen LogP contribution is 2.44. The van der Waals surface area contributed by atoms with Gasteiger partial charge < -0.3 is 10.2 Å². The Labute approximate surface area is 192 Å². The summed E-state index contributed by atoms with van der Waals surface area (Å²) in [5.41, 5.74) is 7.64. The molecule has 0 spiro atoms. The van der Waals surface area contributed by atoms with Gasteiger partial charge >= 0.3 is 0 Å². The van der Waals surface area contributed by atoms with Gasteiger partial charge in [0.2, 0.25) is 0 Å². The van der Waals surface area contributed by atoms with Crippen molar-refractivity contribution in [3.63, 3.8) is 0 Å². The van der Waals surface area contributed by atoms with Crippen LogP contribution in [0.4, 0.5) is 11.4 Å². The summed E-state index contributed by atoms with van der Waals surface area (Å²) in [6.45, 7) is 16.2. The van der Waals surface area contributed by atoms with Crippen molar-refractivity contribution in [3.8, 4) is 6.07 Å². The minimum atomic E-state index is -0.377. The molecule has 1 atom stereocenters. The van der Waals surface area contributed by atoms with Crippen molar-refractivity contribution in [1.29, 1.82) is 5.26 Å². The first-order valence-corrected chi connectivity index (χ1v) is 11.5. The second-order valence-electron chi connectivity index (χ2n) is 9.78. The minimum Gasteiger partial charge on any atom is -0.366 e. The molecule has 0 aliphatic carbocycles. The third-order valence-electron chi connectivity index (χ3n) is 6.52. The lowest BCUT2D eigenvalue weighted by molar-refractivity contribution is -0.112. The van der Waals surface area contributed by atoms with E-state index in [1.165, 1.54) is 11.3 Å². The van der Waals surface area contributed by atoms with E-state index in [-0.39, 0.29) is 17.0 Å². The van der Waals surface area contributed by atoms with Crippen molar-refractivity contribution >= 4 is 23.4 Å². The molecule has 2 aromatic carbocycles. The van der Waals surface area contributed by atoms with Crippen LogP contribution < -0.4 is 10.2 Å². The summed E-state index contributed by atoms with van der Waals surface area (Å²) in [7, 11) is 0. The average Bonchev–Trinajstić information content (AvgIpc) is 2.71. The second-order valence-corrected chi connectivity index (χ2v) is 9.78. The van der Waals surface area contributed by atoms with Crippen molar-refractivity contribution in [2.45, 2.75) is 72.8 Å². The van der Waals surface area contributed by atoms with E-state index in [1.54, 1.807) is 6.08 Å². The van der Waals surface area contributed by atoms with E-state index in [2.05, 4.69) is 63.0 Å². The van der Waals surface area contributed by atoms with Gasteiger partial charge in [0.25, 0.3) is 5.91 Å². The molecule has 1 N–H and O–H groups in total. The van der Waals surface area contributed by atoms with Crippen LogP contribution in [-0.4, -0.2) is 18.0 Å². The highest BCUT2D eigenvalue weighted by atomic mass is 16.1. The number of carbonyl (C=O) groups excluding carboxylic acids is 1. The molecule has 0 fully saturated rings. The molecule has 1 heterocycles. The van der Waals surface area contributed by atoms with Crippen molar-refractivity contribution in [2.75, 3.05) is 16.8 Å². The minimum absolute atomic E-state index is 0.107. The zero-order chi connectivity index (χ0) is 23.6. The van der Waals surface area contributed by atoms with Gasteiger partial charge in [-0.15, -0.1) is 0 Å². The molecule has 4 nitrogen and oxygen atoms in total. The number of aryl methyl sites for hydroxylation is 3. The number of nitrogens with one attached hydrogen (secondary N) is 1. The standard InChI is InChI=1S/C28H35N3O/c1-8-11-31-26-13-19(3)22(15-24(26)21(5)16-28(31,6)7)14-23(17-29)27(32)30-25-10-9-18(2)12-20(25)4/h9-10,12-15,21H,8,11,16H2,1-7H3,(H,30,32)/b23-14+. The number of nitrogens with zero attached hydrogens (tertiary/aromatic N) is 2. The van der Waals surface area contributed by atoms with Crippen LogP contribution in [0.25, 0.3) is 6.08 Å². The third-order valence-corrected chi connectivity index (χ3v) is 6.52. The van der Waals surface area contributed by atoms with Crippen molar-refractivity contribution < 1.29 is 4.79 Å². The molecule has 0 aromatic heterocycles. The number of carbonyl (C=O) groups is 1. The Balaban J connectivity index is 1.97. The number of hydrogen-bond donors (Lipinski definition) is 1. The van der Waals surface area contributed by atoms with Crippen molar-refractivity contribution in [1.82, 2.24) is 0 Å². The Hall–Kier alpha value is -3.06. The Morgan fingerprint density at radius 1 is 1.22 bits per heavy atom. The highest BCUT2D eigenvalue weighted by molar-refractivity contribution is 6.10. The normalized spacial score (nSPS) is 17.5. The molecule has 1 unspecified atom stereocenters. The first-order chi connectivity index (χ1) is 15.1. The van der Waals surface area contributed by atoms with Crippen molar-refractivity contribution in [3.05, 3.63) is 63.7 Å². The molecule has 1 aliphatic heterocycles. The molecule has 2 aromatic rings. The van der Waals surface area contributed by atoms with E-state index >= 15 is 0 Å². The zero-order valence-electron chi connectivity index (χ0n) is 20.5. The van der Waals surface area contributed by atoms with Crippen LogP contribution in [0.2, 0.25) is 0 Å². The smallest absolute Gasteiger partial charge is 0.266 e. The third kappa shape index (κ3) is 4.72. The second kappa shape index (κ2) is 9.20. The Morgan fingerprint density at radius 3 is 2.56 bits per heavy atom. The molecule has 3 rings (SSSR count). The van der Waals surface area contributed by atoms with Crippen LogP contribution >= 0.6 is 0 Å². The van der Waals surface area contributed by atoms with Gasteiger partial charge in [0.05, 0.1) is 0 Å². The lowest BCUT2D eigenvalue weighted by Crippen LogP contribution is -2.48. The highest BCUT2D eigenvalue weighted by Gasteiger charge is 2.36. The maximum Gasteiger partial charge on any atom is 0.266 e. The lowest BCUT2D eigenvalue weighted by atomic mass is 9.78.